The van der Waals surface area contributed by atoms with Crippen LogP contribution in [0, 0.1) is 0 Å². The van der Waals surface area contributed by atoms with Gasteiger partial charge in [0, 0.05) is 11.8 Å². The van der Waals surface area contributed by atoms with Crippen LogP contribution in [0.4, 0.5) is 0 Å². The van der Waals surface area contributed by atoms with Crippen molar-refractivity contribution in [2.75, 3.05) is 7.11 Å². The van der Waals surface area contributed by atoms with Crippen LogP contribution in [0.1, 0.15) is 5.56 Å². The number of carbonyl (C=O) groups excluding carboxylic acids is 1. The van der Waals surface area contributed by atoms with E-state index in [4.69, 9.17) is 4.74 Å². The maximum Gasteiger partial charge on any atom is 0.220 e. The molecular formula is C9H9NO2. The highest BCUT2D eigenvalue weighted by Gasteiger charge is 1.96. The fourth-order valence-electron chi connectivity index (χ4n) is 0.844. The van der Waals surface area contributed by atoms with Crippen molar-refractivity contribution in [3.8, 4) is 5.88 Å². The Kier molecular flexibility index (Phi) is 3.02. The lowest BCUT2D eigenvalue weighted by molar-refractivity contribution is -0.104. The molecule has 0 saturated heterocycles. The molecule has 0 radical (unpaired) electrons. The van der Waals surface area contributed by atoms with Crippen LogP contribution in [0.15, 0.2) is 24.4 Å². The minimum Gasteiger partial charge on any atom is -0.481 e. The van der Waals surface area contributed by atoms with Gasteiger partial charge in [-0.3, -0.25) is 4.79 Å². The fourth-order valence-corrected chi connectivity index (χ4v) is 0.844. The van der Waals surface area contributed by atoms with Gasteiger partial charge in [0.1, 0.15) is 6.29 Å². The van der Waals surface area contributed by atoms with Crippen LogP contribution in [-0.2, 0) is 4.79 Å². The molecule has 3 nitrogen and oxygen atoms in total. The van der Waals surface area contributed by atoms with E-state index in [-0.39, 0.29) is 0 Å². The Morgan fingerprint density at radius 3 is 3.08 bits per heavy atom. The molecule has 0 aromatic carbocycles. The number of ether oxygens (including phenoxy) is 1. The van der Waals surface area contributed by atoms with E-state index in [1.807, 2.05) is 6.07 Å². The molecule has 0 spiro atoms. The van der Waals surface area contributed by atoms with Gasteiger partial charge in [0.25, 0.3) is 0 Å². The third-order valence-corrected chi connectivity index (χ3v) is 1.35. The quantitative estimate of drug-likeness (QED) is 0.498. The van der Waals surface area contributed by atoms with Crippen molar-refractivity contribution in [1.29, 1.82) is 0 Å². The van der Waals surface area contributed by atoms with Gasteiger partial charge >= 0.3 is 0 Å². The third kappa shape index (κ3) is 1.92. The summed E-state index contributed by atoms with van der Waals surface area (Å²) >= 11 is 0. The zero-order valence-corrected chi connectivity index (χ0v) is 6.73. The molecule has 0 amide bonds. The Morgan fingerprint density at radius 2 is 2.42 bits per heavy atom. The Bertz CT molecular complexity index is 294. The van der Waals surface area contributed by atoms with Gasteiger partial charge in [0.05, 0.1) is 7.11 Å². The number of pyridine rings is 1. The second-order valence-electron chi connectivity index (χ2n) is 2.10. The van der Waals surface area contributed by atoms with Crippen molar-refractivity contribution < 1.29 is 9.53 Å². The van der Waals surface area contributed by atoms with Crippen molar-refractivity contribution in [3.05, 3.63) is 30.0 Å². The maximum absolute atomic E-state index is 10.0. The van der Waals surface area contributed by atoms with Crippen LogP contribution >= 0.6 is 0 Å². The molecule has 0 bridgehead atoms. The van der Waals surface area contributed by atoms with Crippen molar-refractivity contribution in [2.24, 2.45) is 0 Å². The van der Waals surface area contributed by atoms with E-state index in [9.17, 15) is 4.79 Å². The molecule has 0 aliphatic carbocycles. The van der Waals surface area contributed by atoms with Crippen LogP contribution in [0.25, 0.3) is 6.08 Å². The summed E-state index contributed by atoms with van der Waals surface area (Å²) in [6.07, 6.45) is 5.40. The summed E-state index contributed by atoms with van der Waals surface area (Å²) in [6, 6.07) is 3.61. The van der Waals surface area contributed by atoms with Crippen molar-refractivity contribution in [3.63, 3.8) is 0 Å². The largest absolute Gasteiger partial charge is 0.481 e. The molecule has 1 aromatic heterocycles. The molecule has 0 fully saturated rings. The van der Waals surface area contributed by atoms with Gasteiger partial charge in [-0.1, -0.05) is 0 Å². The lowest BCUT2D eigenvalue weighted by atomic mass is 10.2. The summed E-state index contributed by atoms with van der Waals surface area (Å²) in [5, 5.41) is 0. The number of aromatic nitrogens is 1. The lowest BCUT2D eigenvalue weighted by Gasteiger charge is -2.00. The van der Waals surface area contributed by atoms with Gasteiger partial charge in [-0.05, 0) is 24.3 Å². The van der Waals surface area contributed by atoms with E-state index in [1.165, 1.54) is 6.08 Å². The van der Waals surface area contributed by atoms with E-state index in [1.54, 1.807) is 25.4 Å². The van der Waals surface area contributed by atoms with Gasteiger partial charge in [-0.25, -0.2) is 4.98 Å². The highest BCUT2D eigenvalue weighted by molar-refractivity contribution is 5.74. The number of hydrogen-bond donors (Lipinski definition) is 0. The molecule has 0 saturated carbocycles. The van der Waals surface area contributed by atoms with E-state index >= 15 is 0 Å². The fraction of sp³-hybridized carbons (Fsp3) is 0.111. The molecule has 0 unspecified atom stereocenters. The molecule has 0 aliphatic rings. The number of allylic oxidation sites excluding steroid dienone is 1. The Morgan fingerprint density at radius 1 is 1.58 bits per heavy atom. The summed E-state index contributed by atoms with van der Waals surface area (Å²) in [5.41, 5.74) is 0.798. The second kappa shape index (κ2) is 4.28. The zero-order chi connectivity index (χ0) is 8.81. The summed E-state index contributed by atoms with van der Waals surface area (Å²) in [5.74, 6) is 0.524. The Balaban J connectivity index is 2.96. The summed E-state index contributed by atoms with van der Waals surface area (Å²) in [6.45, 7) is 0. The zero-order valence-electron chi connectivity index (χ0n) is 6.73. The minimum absolute atomic E-state index is 0.524. The standard InChI is InChI=1S/C9H9NO2/c1-12-9-8(5-3-7-11)4-2-6-10-9/h2-7H,1H3. The molecule has 1 heterocycles. The highest BCUT2D eigenvalue weighted by Crippen LogP contribution is 2.14. The van der Waals surface area contributed by atoms with Crippen molar-refractivity contribution >= 4 is 12.4 Å². The topological polar surface area (TPSA) is 39.2 Å². The summed E-state index contributed by atoms with van der Waals surface area (Å²) in [7, 11) is 1.54. The van der Waals surface area contributed by atoms with Gasteiger partial charge in [-0.15, -0.1) is 0 Å². The van der Waals surface area contributed by atoms with Crippen LogP contribution < -0.4 is 4.74 Å². The van der Waals surface area contributed by atoms with Crippen molar-refractivity contribution in [1.82, 2.24) is 4.98 Å². The predicted octanol–water partition coefficient (Wildman–Crippen LogP) is 1.30. The normalized spacial score (nSPS) is 10.1. The Labute approximate surface area is 70.7 Å². The lowest BCUT2D eigenvalue weighted by Crippen LogP contribution is -1.89. The number of aldehydes is 1. The van der Waals surface area contributed by atoms with E-state index < -0.39 is 0 Å². The molecule has 1 rings (SSSR count). The van der Waals surface area contributed by atoms with Gasteiger partial charge < -0.3 is 4.74 Å². The summed E-state index contributed by atoms with van der Waals surface area (Å²) < 4.78 is 4.96. The van der Waals surface area contributed by atoms with Crippen LogP contribution in [0.5, 0.6) is 5.88 Å². The first-order valence-electron chi connectivity index (χ1n) is 3.49. The average Bonchev–Trinajstić information content (AvgIpc) is 2.15. The molecule has 62 valence electrons. The van der Waals surface area contributed by atoms with Crippen molar-refractivity contribution in [2.45, 2.75) is 0 Å². The van der Waals surface area contributed by atoms with E-state index in [2.05, 4.69) is 4.98 Å². The average molecular weight is 163 g/mol. The van der Waals surface area contributed by atoms with E-state index in [0.717, 1.165) is 5.56 Å². The first-order chi connectivity index (χ1) is 5.88. The third-order valence-electron chi connectivity index (χ3n) is 1.35. The Hall–Kier alpha value is -1.64. The maximum atomic E-state index is 10.0. The van der Waals surface area contributed by atoms with Gasteiger partial charge in [0.2, 0.25) is 5.88 Å². The number of rotatable bonds is 3. The second-order valence-corrected chi connectivity index (χ2v) is 2.10. The van der Waals surface area contributed by atoms with Crippen LogP contribution in [-0.4, -0.2) is 18.4 Å². The number of hydrogen-bond acceptors (Lipinski definition) is 3. The number of nitrogens with zero attached hydrogens (tertiary/aromatic N) is 1. The molecule has 12 heavy (non-hydrogen) atoms. The minimum atomic E-state index is 0.524. The van der Waals surface area contributed by atoms with Gasteiger partial charge in [0.15, 0.2) is 0 Å². The highest BCUT2D eigenvalue weighted by atomic mass is 16.5. The first kappa shape index (κ1) is 8.46. The molecule has 0 N–H and O–H groups in total. The molecule has 1 aromatic rings. The smallest absolute Gasteiger partial charge is 0.220 e. The summed E-state index contributed by atoms with van der Waals surface area (Å²) in [4.78, 5) is 14.0. The molecule has 3 heteroatoms. The van der Waals surface area contributed by atoms with Gasteiger partial charge in [-0.2, -0.15) is 0 Å². The molecular weight excluding hydrogens is 154 g/mol. The predicted molar refractivity (Wildman–Crippen MR) is 45.9 cm³/mol. The molecule has 0 atom stereocenters. The molecule has 0 aliphatic heterocycles. The number of methoxy groups -OCH3 is 1. The van der Waals surface area contributed by atoms with E-state index in [0.29, 0.717) is 12.2 Å². The van der Waals surface area contributed by atoms with Crippen LogP contribution in [0.2, 0.25) is 0 Å². The number of carbonyl (C=O) groups is 1. The SMILES string of the molecule is COc1ncccc1C=CC=O. The first-order valence-corrected chi connectivity index (χ1v) is 3.49. The monoisotopic (exact) mass is 163 g/mol. The van der Waals surface area contributed by atoms with Crippen LogP contribution in [0.3, 0.4) is 0 Å².